The summed E-state index contributed by atoms with van der Waals surface area (Å²) in [6.45, 7) is 0. The van der Waals surface area contributed by atoms with Crippen molar-refractivity contribution in [1.29, 1.82) is 5.39 Å². The molecule has 0 aliphatic carbocycles. The van der Waals surface area contributed by atoms with Crippen molar-refractivity contribution in [3.63, 3.8) is 0 Å². The second-order valence-electron chi connectivity index (χ2n) is 3.94. The fourth-order valence-corrected chi connectivity index (χ4v) is 2.60. The van der Waals surface area contributed by atoms with E-state index in [1.165, 1.54) is 0 Å². The Labute approximate surface area is 132 Å². The highest BCUT2D eigenvalue weighted by Crippen LogP contribution is 2.54. The summed E-state index contributed by atoms with van der Waals surface area (Å²) < 4.78 is 70.5. The smallest absolute Gasteiger partial charge is 0.281 e. The van der Waals surface area contributed by atoms with Gasteiger partial charge in [-0.1, -0.05) is 0 Å². The maximum Gasteiger partial charge on any atom is 0.490 e. The molecule has 1 N–H and O–H groups in total. The molecule has 0 amide bonds. The molecule has 0 heterocycles. The van der Waals surface area contributed by atoms with Crippen LogP contribution in [0.25, 0.3) is 4.98 Å². The molecule has 25 heavy (non-hydrogen) atoms. The van der Waals surface area contributed by atoms with E-state index in [2.05, 4.69) is 0 Å². The van der Waals surface area contributed by atoms with Gasteiger partial charge in [-0.15, -0.1) is 0 Å². The Kier molecular flexibility index (Phi) is 4.60. The fraction of sp³-hybridized carbons (Fsp3) is 0.143. The number of nitro benzene ring substituents is 3. The molecule has 0 radical (unpaired) electrons. The van der Waals surface area contributed by atoms with Crippen LogP contribution in [0.1, 0.15) is 5.56 Å². The Morgan fingerprint density at radius 2 is 1.36 bits per heavy atom. The first-order chi connectivity index (χ1) is 11.2. The van der Waals surface area contributed by atoms with Gasteiger partial charge in [0.1, 0.15) is 0 Å². The molecule has 0 aliphatic rings. The van der Waals surface area contributed by atoms with Gasteiger partial charge in [0.25, 0.3) is 4.90 Å². The molecular formula is C7HF3N5O9S+. The third-order valence-electron chi connectivity index (χ3n) is 2.54. The van der Waals surface area contributed by atoms with Crippen molar-refractivity contribution in [3.05, 3.63) is 40.9 Å². The monoisotopic (exact) mass is 388 g/mol. The highest BCUT2D eigenvalue weighted by molar-refractivity contribution is 7.86. The van der Waals surface area contributed by atoms with Gasteiger partial charge in [-0.3, -0.25) is 34.9 Å². The number of nitrogens with zero attached hydrogens (tertiary/aromatic N) is 5. The van der Waals surface area contributed by atoms with Crippen molar-refractivity contribution < 1.29 is 40.9 Å². The summed E-state index contributed by atoms with van der Waals surface area (Å²) in [6, 6.07) is 0. The van der Waals surface area contributed by atoms with Crippen LogP contribution >= 0.6 is 0 Å². The summed E-state index contributed by atoms with van der Waals surface area (Å²) in [5, 5.41) is 41.2. The third-order valence-corrected chi connectivity index (χ3v) is 3.44. The predicted molar refractivity (Wildman–Crippen MR) is 66.0 cm³/mol. The number of hydrogen-bond acceptors (Lipinski definition) is 9. The molecule has 1 aromatic carbocycles. The van der Waals surface area contributed by atoms with Crippen molar-refractivity contribution in [1.82, 2.24) is 0 Å². The van der Waals surface area contributed by atoms with Crippen molar-refractivity contribution in [2.24, 2.45) is 0 Å². The third kappa shape index (κ3) is 3.26. The van der Waals surface area contributed by atoms with Crippen LogP contribution in [0, 0.1) is 35.7 Å². The summed E-state index contributed by atoms with van der Waals surface area (Å²) in [7, 11) is -5.97. The first-order valence-corrected chi connectivity index (χ1v) is 6.67. The number of alkyl halides is 3. The quantitative estimate of drug-likeness (QED) is 0.343. The molecular weight excluding hydrogens is 387 g/mol. The van der Waals surface area contributed by atoms with Crippen LogP contribution in [-0.4, -0.2) is 27.7 Å². The zero-order chi connectivity index (χ0) is 19.9. The Balaban J connectivity index is 4.62. The second kappa shape index (κ2) is 5.87. The molecule has 0 bridgehead atoms. The van der Waals surface area contributed by atoms with Gasteiger partial charge in [0.2, 0.25) is 11.0 Å². The van der Waals surface area contributed by atoms with E-state index in [0.29, 0.717) is 0 Å². The number of benzene rings is 1. The van der Waals surface area contributed by atoms with Crippen molar-refractivity contribution in [3.8, 4) is 0 Å². The molecule has 1 rings (SSSR count). The van der Waals surface area contributed by atoms with Crippen LogP contribution in [-0.2, 0) is 16.3 Å². The van der Waals surface area contributed by atoms with Gasteiger partial charge < -0.3 is 0 Å². The Bertz CT molecular complexity index is 964. The minimum Gasteiger partial charge on any atom is -0.281 e. The fourth-order valence-electron chi connectivity index (χ4n) is 1.81. The molecule has 0 unspecified atom stereocenters. The molecule has 1 aromatic rings. The highest BCUT2D eigenvalue weighted by Gasteiger charge is 2.60. The molecule has 0 atom stereocenters. The predicted octanol–water partition coefficient (Wildman–Crippen LogP) is 2.16. The lowest BCUT2D eigenvalue weighted by Gasteiger charge is -2.08. The summed E-state index contributed by atoms with van der Waals surface area (Å²) in [5.41, 5.74) is -12.6. The molecule has 0 saturated carbocycles. The molecule has 0 aromatic heterocycles. The number of halogens is 3. The van der Waals surface area contributed by atoms with E-state index < -0.39 is 64.3 Å². The van der Waals surface area contributed by atoms with E-state index in [1.807, 2.05) is 4.98 Å². The molecule has 0 fully saturated rings. The number of hydrogen-bond donors (Lipinski definition) is 1. The van der Waals surface area contributed by atoms with E-state index in [-0.39, 0.29) is 0 Å². The van der Waals surface area contributed by atoms with E-state index in [9.17, 15) is 51.9 Å². The second-order valence-corrected chi connectivity index (χ2v) is 5.30. The number of rotatable bonds is 4. The minimum absolute atomic E-state index is 1.87. The normalized spacial score (nSPS) is 11.6. The van der Waals surface area contributed by atoms with Gasteiger partial charge >= 0.3 is 39.0 Å². The summed E-state index contributed by atoms with van der Waals surface area (Å²) in [5.74, 6) is 0. The highest BCUT2D eigenvalue weighted by atomic mass is 32.2. The molecule has 0 aliphatic heterocycles. The average molecular weight is 388 g/mol. The van der Waals surface area contributed by atoms with Crippen LogP contribution < -0.4 is 0 Å². The van der Waals surface area contributed by atoms with Gasteiger partial charge in [0.15, 0.2) is 4.98 Å². The van der Waals surface area contributed by atoms with Crippen molar-refractivity contribution in [2.75, 3.05) is 0 Å². The molecule has 134 valence electrons. The van der Waals surface area contributed by atoms with Crippen molar-refractivity contribution in [2.45, 2.75) is 11.1 Å². The van der Waals surface area contributed by atoms with Gasteiger partial charge in [0.05, 0.1) is 14.8 Å². The maximum absolute atomic E-state index is 13.1. The maximum atomic E-state index is 13.1. The molecule has 0 saturated heterocycles. The SMILES string of the molecule is N#[N+]c1c([N+](=O)[O-])c(C(F)(F)F)c([N+](=O)[O-])c([N+](=O)[O-])c1S(=O)(=O)O. The van der Waals surface area contributed by atoms with Gasteiger partial charge in [-0.25, -0.2) is 0 Å². The zero-order valence-corrected chi connectivity index (χ0v) is 11.8. The summed E-state index contributed by atoms with van der Waals surface area (Å²) >= 11 is 0. The van der Waals surface area contributed by atoms with Crippen LogP contribution in [0.2, 0.25) is 0 Å². The first kappa shape index (κ1) is 19.6. The molecule has 14 nitrogen and oxygen atoms in total. The van der Waals surface area contributed by atoms with Crippen LogP contribution in [0.5, 0.6) is 0 Å². The Morgan fingerprint density at radius 1 is 0.960 bits per heavy atom. The zero-order valence-electron chi connectivity index (χ0n) is 11.0. The number of diazo groups is 1. The van der Waals surface area contributed by atoms with Crippen LogP contribution in [0.3, 0.4) is 0 Å². The van der Waals surface area contributed by atoms with Gasteiger partial charge in [0, 0.05) is 0 Å². The largest absolute Gasteiger partial charge is 0.490 e. The Hall–Kier alpha value is -3.46. The van der Waals surface area contributed by atoms with Crippen molar-refractivity contribution >= 4 is 32.9 Å². The van der Waals surface area contributed by atoms with E-state index in [1.54, 1.807) is 0 Å². The number of nitro groups is 3. The lowest BCUT2D eigenvalue weighted by Crippen LogP contribution is -2.17. The first-order valence-electron chi connectivity index (χ1n) is 5.23. The standard InChI is InChI=1S/C7F3N5O9S/c8-7(9,10)1-3(13(16)17)2(12-11)6(25(22,23)24)5(15(20)21)4(1)14(18)19/p+1. The van der Waals surface area contributed by atoms with Crippen LogP contribution in [0.4, 0.5) is 35.9 Å². The molecule has 18 heteroatoms. The average Bonchev–Trinajstić information content (AvgIpc) is 2.41. The summed E-state index contributed by atoms with van der Waals surface area (Å²) in [6.07, 6.45) is -5.97. The Morgan fingerprint density at radius 3 is 1.60 bits per heavy atom. The molecule has 0 spiro atoms. The van der Waals surface area contributed by atoms with E-state index >= 15 is 0 Å². The lowest BCUT2D eigenvalue weighted by atomic mass is 10.1. The summed E-state index contributed by atoms with van der Waals surface area (Å²) in [4.78, 5) is 26.0. The topological polar surface area (TPSA) is 212 Å². The van der Waals surface area contributed by atoms with Gasteiger partial charge in [-0.05, 0) is 0 Å². The van der Waals surface area contributed by atoms with Gasteiger partial charge in [-0.2, -0.15) is 21.6 Å². The van der Waals surface area contributed by atoms with E-state index in [0.717, 1.165) is 0 Å². The minimum atomic E-state index is -5.97. The van der Waals surface area contributed by atoms with Crippen LogP contribution in [0.15, 0.2) is 4.90 Å². The van der Waals surface area contributed by atoms with E-state index in [4.69, 9.17) is 9.95 Å². The lowest BCUT2D eigenvalue weighted by molar-refractivity contribution is -0.429.